The van der Waals surface area contributed by atoms with Gasteiger partial charge >= 0.3 is 0 Å². The molecule has 166 valence electrons. The second-order valence-corrected chi connectivity index (χ2v) is 9.93. The molecule has 0 saturated heterocycles. The SMILES string of the molecule is COc1ccc(N/C=C2/C(=O)c3sccc3N(Cc3ccc(C)cc3)S2(=O)=O)cc1OC. The Morgan fingerprint density at radius 3 is 2.44 bits per heavy atom. The number of ketones is 1. The van der Waals surface area contributed by atoms with Gasteiger partial charge in [-0.3, -0.25) is 9.10 Å². The summed E-state index contributed by atoms with van der Waals surface area (Å²) < 4.78 is 38.7. The van der Waals surface area contributed by atoms with Crippen LogP contribution < -0.4 is 19.1 Å². The molecule has 0 aliphatic carbocycles. The third-order valence-electron chi connectivity index (χ3n) is 5.11. The first-order chi connectivity index (χ1) is 15.3. The first kappa shape index (κ1) is 21.9. The maximum absolute atomic E-state index is 13.5. The minimum absolute atomic E-state index is 0.132. The summed E-state index contributed by atoms with van der Waals surface area (Å²) in [5, 5.41) is 4.65. The quantitative estimate of drug-likeness (QED) is 0.532. The number of rotatable bonds is 6. The Morgan fingerprint density at radius 1 is 1.03 bits per heavy atom. The number of thiophene rings is 1. The van der Waals surface area contributed by atoms with E-state index in [9.17, 15) is 13.2 Å². The number of nitrogens with one attached hydrogen (secondary N) is 1. The van der Waals surface area contributed by atoms with Crippen molar-refractivity contribution in [1.29, 1.82) is 0 Å². The summed E-state index contributed by atoms with van der Waals surface area (Å²) >= 11 is 1.23. The first-order valence-corrected chi connectivity index (χ1v) is 12.1. The Hall–Kier alpha value is -3.30. The minimum Gasteiger partial charge on any atom is -0.493 e. The van der Waals surface area contributed by atoms with Crippen LogP contribution in [0, 0.1) is 6.92 Å². The summed E-state index contributed by atoms with van der Waals surface area (Å²) in [7, 11) is -1.03. The van der Waals surface area contributed by atoms with Gasteiger partial charge in [0.25, 0.3) is 10.0 Å². The van der Waals surface area contributed by atoms with Gasteiger partial charge < -0.3 is 14.8 Å². The molecule has 2 heterocycles. The summed E-state index contributed by atoms with van der Waals surface area (Å²) in [5.41, 5.74) is 2.88. The summed E-state index contributed by atoms with van der Waals surface area (Å²) in [4.78, 5) is 13.1. The van der Waals surface area contributed by atoms with Gasteiger partial charge in [-0.25, -0.2) is 8.42 Å². The Labute approximate surface area is 191 Å². The number of aryl methyl sites for hydroxylation is 1. The number of allylic oxidation sites excluding steroid dienone is 1. The van der Waals surface area contributed by atoms with E-state index in [1.807, 2.05) is 31.2 Å². The molecule has 1 aliphatic rings. The predicted molar refractivity (Wildman–Crippen MR) is 126 cm³/mol. The molecule has 4 rings (SSSR count). The van der Waals surface area contributed by atoms with E-state index in [4.69, 9.17) is 9.47 Å². The van der Waals surface area contributed by atoms with E-state index in [0.29, 0.717) is 27.8 Å². The van der Waals surface area contributed by atoms with Crippen LogP contribution in [0.25, 0.3) is 0 Å². The van der Waals surface area contributed by atoms with Gasteiger partial charge in [-0.2, -0.15) is 0 Å². The number of hydrogen-bond acceptors (Lipinski definition) is 7. The molecule has 2 aromatic carbocycles. The van der Waals surface area contributed by atoms with Gasteiger partial charge in [0.2, 0.25) is 5.78 Å². The number of sulfonamides is 1. The number of fused-ring (bicyclic) bond motifs is 1. The molecule has 9 heteroatoms. The van der Waals surface area contributed by atoms with Crippen LogP contribution in [0.15, 0.2) is 65.0 Å². The molecule has 0 saturated carbocycles. The molecule has 0 bridgehead atoms. The molecule has 32 heavy (non-hydrogen) atoms. The van der Waals surface area contributed by atoms with E-state index in [1.165, 1.54) is 36.1 Å². The summed E-state index contributed by atoms with van der Waals surface area (Å²) in [5.74, 6) is 0.498. The summed E-state index contributed by atoms with van der Waals surface area (Å²) in [6.07, 6.45) is 1.24. The topological polar surface area (TPSA) is 84.9 Å². The zero-order chi connectivity index (χ0) is 22.9. The number of ether oxygens (including phenoxy) is 2. The van der Waals surface area contributed by atoms with Crippen molar-refractivity contribution in [2.24, 2.45) is 0 Å². The summed E-state index contributed by atoms with van der Waals surface area (Å²) in [6, 6.07) is 14.4. The number of carbonyl (C=O) groups is 1. The smallest absolute Gasteiger partial charge is 0.270 e. The molecule has 1 aromatic heterocycles. The van der Waals surface area contributed by atoms with Crippen molar-refractivity contribution in [3.8, 4) is 11.5 Å². The number of benzene rings is 2. The van der Waals surface area contributed by atoms with Gasteiger partial charge in [-0.1, -0.05) is 29.8 Å². The Balaban J connectivity index is 1.71. The van der Waals surface area contributed by atoms with Crippen LogP contribution in [-0.4, -0.2) is 28.4 Å². The van der Waals surface area contributed by atoms with Gasteiger partial charge in [0, 0.05) is 18.0 Å². The highest BCUT2D eigenvalue weighted by atomic mass is 32.2. The third-order valence-corrected chi connectivity index (χ3v) is 7.78. The number of Topliss-reactive ketones (excluding diaryl/α,β-unsaturated/α-hetero) is 1. The molecule has 1 aliphatic heterocycles. The number of methoxy groups -OCH3 is 2. The van der Waals surface area contributed by atoms with Gasteiger partial charge in [-0.15, -0.1) is 11.3 Å². The molecule has 0 atom stereocenters. The van der Waals surface area contributed by atoms with E-state index in [-0.39, 0.29) is 11.4 Å². The molecular weight excluding hydrogens is 448 g/mol. The molecule has 0 fully saturated rings. The second kappa shape index (κ2) is 8.68. The fraction of sp³-hybridized carbons (Fsp3) is 0.174. The van der Waals surface area contributed by atoms with E-state index in [2.05, 4.69) is 5.32 Å². The molecule has 7 nitrogen and oxygen atoms in total. The maximum atomic E-state index is 13.5. The predicted octanol–water partition coefficient (Wildman–Crippen LogP) is 4.56. The lowest BCUT2D eigenvalue weighted by Crippen LogP contribution is -2.38. The largest absolute Gasteiger partial charge is 0.493 e. The van der Waals surface area contributed by atoms with Crippen LogP contribution in [0.2, 0.25) is 0 Å². The Bertz CT molecular complexity index is 1290. The fourth-order valence-corrected chi connectivity index (χ4v) is 5.87. The van der Waals surface area contributed by atoms with Crippen LogP contribution in [0.3, 0.4) is 0 Å². The zero-order valence-electron chi connectivity index (χ0n) is 17.8. The minimum atomic E-state index is -4.07. The van der Waals surface area contributed by atoms with Crippen LogP contribution in [0.1, 0.15) is 20.8 Å². The van der Waals surface area contributed by atoms with Crippen LogP contribution >= 0.6 is 11.3 Å². The molecule has 0 spiro atoms. The fourth-order valence-electron chi connectivity index (χ4n) is 3.39. The number of anilines is 2. The highest BCUT2D eigenvalue weighted by Crippen LogP contribution is 2.39. The number of nitrogens with zero attached hydrogens (tertiary/aromatic N) is 1. The van der Waals surface area contributed by atoms with Crippen LogP contribution in [0.4, 0.5) is 11.4 Å². The number of carbonyl (C=O) groups excluding carboxylic acids is 1. The lowest BCUT2D eigenvalue weighted by atomic mass is 10.1. The zero-order valence-corrected chi connectivity index (χ0v) is 19.4. The highest BCUT2D eigenvalue weighted by Gasteiger charge is 2.41. The Morgan fingerprint density at radius 2 is 1.75 bits per heavy atom. The molecule has 0 radical (unpaired) electrons. The maximum Gasteiger partial charge on any atom is 0.270 e. The van der Waals surface area contributed by atoms with E-state index < -0.39 is 15.8 Å². The molecule has 0 unspecified atom stereocenters. The van der Waals surface area contributed by atoms with Crippen molar-refractivity contribution in [2.75, 3.05) is 23.8 Å². The highest BCUT2D eigenvalue weighted by molar-refractivity contribution is 7.97. The molecular formula is C23H22N2O5S2. The van der Waals surface area contributed by atoms with Gasteiger partial charge in [0.05, 0.1) is 26.5 Å². The lowest BCUT2D eigenvalue weighted by molar-refractivity contribution is 0.104. The summed E-state index contributed by atoms with van der Waals surface area (Å²) in [6.45, 7) is 2.10. The average Bonchev–Trinajstić information content (AvgIpc) is 3.27. The third kappa shape index (κ3) is 3.96. The van der Waals surface area contributed by atoms with Crippen molar-refractivity contribution in [3.05, 3.63) is 81.0 Å². The van der Waals surface area contributed by atoms with Gasteiger partial charge in [0.1, 0.15) is 4.88 Å². The molecule has 0 amide bonds. The Kier molecular flexibility index (Phi) is 5.94. The standard InChI is InChI=1S/C23H22N2O5S2/c1-15-4-6-16(7-5-15)14-25-18-10-11-31-23(18)22(26)21(32(25,27)28)13-24-17-8-9-19(29-2)20(12-17)30-3/h4-13,24H,14H2,1-3H3/b21-13-. The van der Waals surface area contributed by atoms with Crippen molar-refractivity contribution in [3.63, 3.8) is 0 Å². The van der Waals surface area contributed by atoms with Crippen LogP contribution in [0.5, 0.6) is 11.5 Å². The van der Waals surface area contributed by atoms with Crippen LogP contribution in [-0.2, 0) is 16.6 Å². The van der Waals surface area contributed by atoms with Crippen molar-refractivity contribution in [2.45, 2.75) is 13.5 Å². The monoisotopic (exact) mass is 470 g/mol. The van der Waals surface area contributed by atoms with Crippen molar-refractivity contribution >= 4 is 38.5 Å². The normalized spacial score (nSPS) is 16.0. The van der Waals surface area contributed by atoms with Crippen molar-refractivity contribution in [1.82, 2.24) is 0 Å². The molecule has 3 aromatic rings. The van der Waals surface area contributed by atoms with Gasteiger partial charge in [0.15, 0.2) is 16.4 Å². The number of hydrogen-bond donors (Lipinski definition) is 1. The molecule has 1 N–H and O–H groups in total. The second-order valence-electron chi connectivity index (χ2n) is 7.18. The first-order valence-electron chi connectivity index (χ1n) is 9.74. The average molecular weight is 471 g/mol. The van der Waals surface area contributed by atoms with E-state index >= 15 is 0 Å². The lowest BCUT2D eigenvalue weighted by Gasteiger charge is -2.29. The van der Waals surface area contributed by atoms with E-state index in [1.54, 1.807) is 29.6 Å². The van der Waals surface area contributed by atoms with E-state index in [0.717, 1.165) is 11.1 Å². The van der Waals surface area contributed by atoms with Gasteiger partial charge in [-0.05, 0) is 36.1 Å². The van der Waals surface area contributed by atoms with Crippen molar-refractivity contribution < 1.29 is 22.7 Å².